The zero-order valence-electron chi connectivity index (χ0n) is 12.4. The van der Waals surface area contributed by atoms with Crippen LogP contribution in [0.4, 0.5) is 0 Å². The van der Waals surface area contributed by atoms with Crippen molar-refractivity contribution in [3.8, 4) is 0 Å². The molecule has 2 rings (SSSR count). The number of sulfonamides is 1. The minimum atomic E-state index is -3.55. The van der Waals surface area contributed by atoms with Gasteiger partial charge in [0.2, 0.25) is 15.9 Å². The summed E-state index contributed by atoms with van der Waals surface area (Å²) >= 11 is 0. The van der Waals surface area contributed by atoms with Gasteiger partial charge in [0.15, 0.2) is 0 Å². The van der Waals surface area contributed by atoms with E-state index in [2.05, 4.69) is 6.92 Å². The minimum absolute atomic E-state index is 0.141. The second-order valence-electron chi connectivity index (χ2n) is 5.35. The Bertz CT molecular complexity index is 635. The van der Waals surface area contributed by atoms with Gasteiger partial charge in [-0.2, -0.15) is 4.31 Å². The fraction of sp³-hybridized carbons (Fsp3) is 0.500. The fourth-order valence-electron chi connectivity index (χ4n) is 2.57. The summed E-state index contributed by atoms with van der Waals surface area (Å²) in [4.78, 5) is 12.9. The Balaban J connectivity index is 2.28. The average Bonchev–Trinajstić information content (AvgIpc) is 2.47. The van der Waals surface area contributed by atoms with Crippen LogP contribution in [0.2, 0.25) is 0 Å². The predicted molar refractivity (Wildman–Crippen MR) is 79.7 cm³/mol. The number of amides is 1. The average molecular weight is 312 g/mol. The number of rotatable bonds is 4. The summed E-state index contributed by atoms with van der Waals surface area (Å²) in [5.74, 6) is -0.607. The molecule has 1 aliphatic rings. The number of likely N-dealkylation sites (N-methyl/N-ethyl adjacent to an activating group) is 1. The maximum absolute atomic E-state index is 12.6. The van der Waals surface area contributed by atoms with Crippen molar-refractivity contribution in [1.29, 1.82) is 0 Å². The topological polar surface area (TPSA) is 84.9 Å². The van der Waals surface area contributed by atoms with E-state index in [1.807, 2.05) is 0 Å². The van der Waals surface area contributed by atoms with E-state index in [0.717, 1.165) is 19.6 Å². The highest BCUT2D eigenvalue weighted by Crippen LogP contribution is 2.19. The fourth-order valence-corrected chi connectivity index (χ4v) is 4.04. The molecule has 1 saturated heterocycles. The first-order chi connectivity index (χ1) is 9.86. The van der Waals surface area contributed by atoms with Gasteiger partial charge in [-0.15, -0.1) is 0 Å². The number of nitrogens with zero attached hydrogens (tertiary/aromatic N) is 1. The molecule has 3 N–H and O–H groups in total. The van der Waals surface area contributed by atoms with Gasteiger partial charge in [0, 0.05) is 5.56 Å². The lowest BCUT2D eigenvalue weighted by atomic mass is 10.1. The molecule has 1 fully saturated rings. The molecule has 7 heteroatoms. The molecular formula is C14H22N3O3S+. The summed E-state index contributed by atoms with van der Waals surface area (Å²) in [6.07, 6.45) is 0. The standard InChI is InChI=1S/C14H21N3O3S/c1-3-16-6-8-17(9-7-16)21(19,20)12-5-4-11(2)13(10-12)14(15)18/h4-5,10H,3,6-9H2,1-2H3,(H2,15,18)/p+1. The van der Waals surface area contributed by atoms with Crippen LogP contribution in [0.25, 0.3) is 0 Å². The molecule has 0 aliphatic carbocycles. The van der Waals surface area contributed by atoms with Crippen molar-refractivity contribution in [3.63, 3.8) is 0 Å². The Morgan fingerprint density at radius 3 is 2.48 bits per heavy atom. The quantitative estimate of drug-likeness (QED) is 0.748. The van der Waals surface area contributed by atoms with Crippen molar-refractivity contribution < 1.29 is 18.1 Å². The van der Waals surface area contributed by atoms with Gasteiger partial charge in [-0.05, 0) is 31.5 Å². The van der Waals surface area contributed by atoms with Crippen LogP contribution in [0, 0.1) is 6.92 Å². The second kappa shape index (κ2) is 6.13. The number of hydrogen-bond acceptors (Lipinski definition) is 3. The molecule has 0 saturated carbocycles. The van der Waals surface area contributed by atoms with Crippen molar-refractivity contribution in [3.05, 3.63) is 29.3 Å². The summed E-state index contributed by atoms with van der Waals surface area (Å²) in [6, 6.07) is 4.54. The SMILES string of the molecule is CC[NH+]1CCN(S(=O)(=O)c2ccc(C)c(C(N)=O)c2)CC1. The second-order valence-corrected chi connectivity index (χ2v) is 7.29. The summed E-state index contributed by atoms with van der Waals surface area (Å²) in [7, 11) is -3.55. The summed E-state index contributed by atoms with van der Waals surface area (Å²) in [5.41, 5.74) is 6.23. The molecule has 0 aromatic heterocycles. The lowest BCUT2D eigenvalue weighted by molar-refractivity contribution is -0.901. The van der Waals surface area contributed by atoms with Gasteiger partial charge in [-0.25, -0.2) is 8.42 Å². The molecule has 1 aromatic carbocycles. The first-order valence-electron chi connectivity index (χ1n) is 7.10. The highest BCUT2D eigenvalue weighted by Gasteiger charge is 2.30. The number of aryl methyl sites for hydroxylation is 1. The van der Waals surface area contributed by atoms with E-state index in [9.17, 15) is 13.2 Å². The Labute approximate surface area is 125 Å². The van der Waals surface area contributed by atoms with E-state index < -0.39 is 15.9 Å². The molecule has 0 unspecified atom stereocenters. The van der Waals surface area contributed by atoms with Crippen LogP contribution in [-0.4, -0.2) is 51.4 Å². The summed E-state index contributed by atoms with van der Waals surface area (Å²) in [6.45, 7) is 7.47. The third kappa shape index (κ3) is 3.25. The maximum Gasteiger partial charge on any atom is 0.249 e. The molecular weight excluding hydrogens is 290 g/mol. The molecule has 0 bridgehead atoms. The largest absolute Gasteiger partial charge is 0.366 e. The van der Waals surface area contributed by atoms with Crippen molar-refractivity contribution in [2.45, 2.75) is 18.7 Å². The smallest absolute Gasteiger partial charge is 0.249 e. The number of carbonyl (C=O) groups excluding carboxylic acids is 1. The number of benzene rings is 1. The van der Waals surface area contributed by atoms with Crippen molar-refractivity contribution >= 4 is 15.9 Å². The number of nitrogens with one attached hydrogen (secondary N) is 1. The van der Waals surface area contributed by atoms with Crippen LogP contribution in [-0.2, 0) is 10.0 Å². The lowest BCUT2D eigenvalue weighted by Gasteiger charge is -2.30. The molecule has 21 heavy (non-hydrogen) atoms. The van der Waals surface area contributed by atoms with Gasteiger partial charge in [0.25, 0.3) is 0 Å². The summed E-state index contributed by atoms with van der Waals surface area (Å²) in [5, 5.41) is 0. The van der Waals surface area contributed by atoms with Gasteiger partial charge in [-0.3, -0.25) is 4.79 Å². The molecule has 0 radical (unpaired) electrons. The van der Waals surface area contributed by atoms with Crippen molar-refractivity contribution in [2.75, 3.05) is 32.7 Å². The van der Waals surface area contributed by atoms with E-state index >= 15 is 0 Å². The third-order valence-electron chi connectivity index (χ3n) is 4.04. The van der Waals surface area contributed by atoms with E-state index in [0.29, 0.717) is 18.7 Å². The summed E-state index contributed by atoms with van der Waals surface area (Å²) < 4.78 is 26.8. The molecule has 0 atom stereocenters. The highest BCUT2D eigenvalue weighted by atomic mass is 32.2. The van der Waals surface area contributed by atoms with Gasteiger partial charge < -0.3 is 10.6 Å². The van der Waals surface area contributed by atoms with Gasteiger partial charge in [0.1, 0.15) is 0 Å². The molecule has 0 spiro atoms. The highest BCUT2D eigenvalue weighted by molar-refractivity contribution is 7.89. The number of quaternary nitrogens is 1. The first kappa shape index (κ1) is 15.9. The third-order valence-corrected chi connectivity index (χ3v) is 5.94. The molecule has 1 aliphatic heterocycles. The van der Waals surface area contributed by atoms with Gasteiger partial charge in [-0.1, -0.05) is 6.07 Å². The Kier molecular flexibility index (Phi) is 4.65. The van der Waals surface area contributed by atoms with Gasteiger partial charge in [0.05, 0.1) is 37.6 Å². The monoisotopic (exact) mass is 312 g/mol. The van der Waals surface area contributed by atoms with Crippen molar-refractivity contribution in [1.82, 2.24) is 4.31 Å². The molecule has 1 amide bonds. The maximum atomic E-state index is 12.6. The van der Waals surface area contributed by atoms with E-state index in [4.69, 9.17) is 5.73 Å². The number of hydrogen-bond donors (Lipinski definition) is 2. The van der Waals surface area contributed by atoms with Crippen LogP contribution in [0.15, 0.2) is 23.1 Å². The van der Waals surface area contributed by atoms with Crippen LogP contribution in [0.5, 0.6) is 0 Å². The Morgan fingerprint density at radius 1 is 1.33 bits per heavy atom. The zero-order chi connectivity index (χ0) is 15.6. The minimum Gasteiger partial charge on any atom is -0.366 e. The van der Waals surface area contributed by atoms with E-state index in [1.165, 1.54) is 21.3 Å². The predicted octanol–water partition coefficient (Wildman–Crippen LogP) is -0.997. The Morgan fingerprint density at radius 2 is 1.95 bits per heavy atom. The Hall–Kier alpha value is -1.44. The van der Waals surface area contributed by atoms with E-state index in [-0.39, 0.29) is 10.5 Å². The van der Waals surface area contributed by atoms with Gasteiger partial charge >= 0.3 is 0 Å². The van der Waals surface area contributed by atoms with Crippen LogP contribution >= 0.6 is 0 Å². The lowest BCUT2D eigenvalue weighted by Crippen LogP contribution is -3.14. The number of piperazine rings is 1. The number of nitrogens with two attached hydrogens (primary N) is 1. The van der Waals surface area contributed by atoms with E-state index in [1.54, 1.807) is 13.0 Å². The van der Waals surface area contributed by atoms with Crippen molar-refractivity contribution in [2.24, 2.45) is 5.73 Å². The molecule has 1 heterocycles. The number of carbonyl (C=O) groups is 1. The van der Waals surface area contributed by atoms with Crippen LogP contribution in [0.3, 0.4) is 0 Å². The molecule has 1 aromatic rings. The first-order valence-corrected chi connectivity index (χ1v) is 8.54. The number of primary amides is 1. The molecule has 6 nitrogen and oxygen atoms in total. The van der Waals surface area contributed by atoms with Crippen LogP contribution < -0.4 is 10.6 Å². The van der Waals surface area contributed by atoms with Crippen LogP contribution in [0.1, 0.15) is 22.8 Å². The zero-order valence-corrected chi connectivity index (χ0v) is 13.2. The normalized spacial score (nSPS) is 17.8. The molecule has 116 valence electrons.